The molecule has 0 amide bonds. The zero-order chi connectivity index (χ0) is 22.1. The first-order valence-corrected chi connectivity index (χ1v) is 10.1. The summed E-state index contributed by atoms with van der Waals surface area (Å²) in [6.07, 6.45) is 3.38. The van der Waals surface area contributed by atoms with Crippen LogP contribution in [0, 0.1) is 10.1 Å². The number of rotatable bonds is 12. The number of hydrogen-bond acceptors (Lipinski definition) is 8. The molecule has 2 N–H and O–H groups in total. The number of non-ortho nitro benzene ring substituents is 1. The SMILES string of the molecule is CCCCO/C(=C\OCCC=O)CNC1c2cc([N+](=O)[O-])ccc2OC(C)(C)C1O. The molecular formula is C21H30N2O7. The number of nitro groups is 1. The van der Waals surface area contributed by atoms with E-state index < -0.39 is 22.7 Å². The van der Waals surface area contributed by atoms with Gasteiger partial charge in [-0.25, -0.2) is 0 Å². The van der Waals surface area contributed by atoms with Gasteiger partial charge in [-0.15, -0.1) is 0 Å². The number of aliphatic hydroxyl groups is 1. The van der Waals surface area contributed by atoms with Gasteiger partial charge < -0.3 is 29.4 Å². The number of nitrogens with zero attached hydrogens (tertiary/aromatic N) is 1. The third-order valence-electron chi connectivity index (χ3n) is 4.79. The maximum absolute atomic E-state index is 11.2. The molecule has 1 aliphatic rings. The second-order valence-corrected chi connectivity index (χ2v) is 7.60. The van der Waals surface area contributed by atoms with Crippen molar-refractivity contribution < 1.29 is 29.0 Å². The van der Waals surface area contributed by atoms with Gasteiger partial charge in [-0.3, -0.25) is 10.1 Å². The normalized spacial score (nSPS) is 20.1. The van der Waals surface area contributed by atoms with Crippen molar-refractivity contribution in [3.63, 3.8) is 0 Å². The molecule has 9 nitrogen and oxygen atoms in total. The first-order valence-electron chi connectivity index (χ1n) is 10.1. The molecule has 0 fully saturated rings. The molecule has 1 heterocycles. The van der Waals surface area contributed by atoms with Crippen LogP contribution in [-0.4, -0.2) is 47.8 Å². The highest BCUT2D eigenvalue weighted by Gasteiger charge is 2.43. The van der Waals surface area contributed by atoms with Crippen molar-refractivity contribution in [1.29, 1.82) is 0 Å². The van der Waals surface area contributed by atoms with Gasteiger partial charge in [0.1, 0.15) is 35.8 Å². The Morgan fingerprint density at radius 3 is 2.83 bits per heavy atom. The summed E-state index contributed by atoms with van der Waals surface area (Å²) in [5.41, 5.74) is -0.470. The number of nitrogens with one attached hydrogen (secondary N) is 1. The van der Waals surface area contributed by atoms with E-state index in [0.29, 0.717) is 23.7 Å². The van der Waals surface area contributed by atoms with E-state index in [2.05, 4.69) is 12.2 Å². The quantitative estimate of drug-likeness (QED) is 0.173. The average Bonchev–Trinajstić information content (AvgIpc) is 2.70. The molecule has 1 aromatic rings. The average molecular weight is 422 g/mol. The second kappa shape index (κ2) is 10.9. The maximum Gasteiger partial charge on any atom is 0.270 e. The van der Waals surface area contributed by atoms with E-state index in [4.69, 9.17) is 14.2 Å². The van der Waals surface area contributed by atoms with Crippen LogP contribution in [0.25, 0.3) is 0 Å². The molecule has 0 saturated carbocycles. The van der Waals surface area contributed by atoms with Gasteiger partial charge in [0, 0.05) is 24.1 Å². The fourth-order valence-electron chi connectivity index (χ4n) is 3.08. The summed E-state index contributed by atoms with van der Waals surface area (Å²) in [4.78, 5) is 21.2. The molecule has 2 atom stereocenters. The minimum absolute atomic E-state index is 0.0804. The van der Waals surface area contributed by atoms with Gasteiger partial charge in [0.15, 0.2) is 0 Å². The van der Waals surface area contributed by atoms with Gasteiger partial charge in [0.25, 0.3) is 5.69 Å². The van der Waals surface area contributed by atoms with Crippen molar-refractivity contribution in [2.24, 2.45) is 0 Å². The molecule has 1 aromatic carbocycles. The summed E-state index contributed by atoms with van der Waals surface area (Å²) in [7, 11) is 0. The lowest BCUT2D eigenvalue weighted by atomic mass is 9.86. The number of aliphatic hydroxyl groups excluding tert-OH is 1. The summed E-state index contributed by atoms with van der Waals surface area (Å²) >= 11 is 0. The highest BCUT2D eigenvalue weighted by Crippen LogP contribution is 2.41. The molecule has 2 unspecified atom stereocenters. The lowest BCUT2D eigenvalue weighted by molar-refractivity contribution is -0.385. The van der Waals surface area contributed by atoms with Crippen molar-refractivity contribution in [1.82, 2.24) is 5.32 Å². The van der Waals surface area contributed by atoms with Crippen molar-refractivity contribution in [3.05, 3.63) is 45.9 Å². The van der Waals surface area contributed by atoms with Crippen molar-refractivity contribution in [2.75, 3.05) is 19.8 Å². The molecule has 0 radical (unpaired) electrons. The smallest absolute Gasteiger partial charge is 0.270 e. The molecular weight excluding hydrogens is 392 g/mol. The lowest BCUT2D eigenvalue weighted by Crippen LogP contribution is -2.52. The van der Waals surface area contributed by atoms with E-state index in [1.165, 1.54) is 18.4 Å². The van der Waals surface area contributed by atoms with Crippen LogP contribution in [0.5, 0.6) is 5.75 Å². The summed E-state index contributed by atoms with van der Waals surface area (Å²) in [5, 5.41) is 25.3. The molecule has 9 heteroatoms. The number of aldehydes is 1. The van der Waals surface area contributed by atoms with E-state index in [9.17, 15) is 20.0 Å². The van der Waals surface area contributed by atoms with Gasteiger partial charge in [-0.1, -0.05) is 13.3 Å². The zero-order valence-electron chi connectivity index (χ0n) is 17.6. The van der Waals surface area contributed by atoms with Crippen LogP contribution in [0.4, 0.5) is 5.69 Å². The Labute approximate surface area is 176 Å². The first-order chi connectivity index (χ1) is 14.3. The third kappa shape index (κ3) is 6.17. The topological polar surface area (TPSA) is 120 Å². The van der Waals surface area contributed by atoms with Crippen LogP contribution in [0.2, 0.25) is 0 Å². The van der Waals surface area contributed by atoms with Crippen LogP contribution in [0.15, 0.2) is 30.2 Å². The Hall–Kier alpha value is -2.65. The van der Waals surface area contributed by atoms with E-state index in [1.807, 2.05) is 0 Å². The number of benzene rings is 1. The zero-order valence-corrected chi connectivity index (χ0v) is 17.6. The summed E-state index contributed by atoms with van der Waals surface area (Å²) in [5.74, 6) is 0.992. The number of carbonyl (C=O) groups excluding carboxylic acids is 1. The van der Waals surface area contributed by atoms with Gasteiger partial charge >= 0.3 is 0 Å². The largest absolute Gasteiger partial charge is 0.497 e. The molecule has 1 aliphatic heterocycles. The molecule has 30 heavy (non-hydrogen) atoms. The van der Waals surface area contributed by atoms with E-state index >= 15 is 0 Å². The fourth-order valence-corrected chi connectivity index (χ4v) is 3.08. The van der Waals surface area contributed by atoms with Gasteiger partial charge in [0.2, 0.25) is 0 Å². The van der Waals surface area contributed by atoms with Crippen LogP contribution < -0.4 is 10.1 Å². The predicted octanol–water partition coefficient (Wildman–Crippen LogP) is 3.02. The van der Waals surface area contributed by atoms with Crippen molar-refractivity contribution in [2.45, 2.75) is 57.8 Å². The summed E-state index contributed by atoms with van der Waals surface area (Å²) in [6, 6.07) is 3.72. The highest BCUT2D eigenvalue weighted by atomic mass is 16.6. The molecule has 0 bridgehead atoms. The lowest BCUT2D eigenvalue weighted by Gasteiger charge is -2.42. The monoisotopic (exact) mass is 422 g/mol. The van der Waals surface area contributed by atoms with Crippen LogP contribution in [0.1, 0.15) is 51.6 Å². The molecule has 2 rings (SSSR count). The van der Waals surface area contributed by atoms with Crippen LogP contribution in [-0.2, 0) is 14.3 Å². The summed E-state index contributed by atoms with van der Waals surface area (Å²) in [6.45, 7) is 6.54. The number of fused-ring (bicyclic) bond motifs is 1. The van der Waals surface area contributed by atoms with Gasteiger partial charge in [0.05, 0.1) is 30.7 Å². The van der Waals surface area contributed by atoms with Gasteiger partial charge in [-0.05, 0) is 26.3 Å². The fraction of sp³-hybridized carbons (Fsp3) is 0.571. The maximum atomic E-state index is 11.2. The van der Waals surface area contributed by atoms with E-state index in [0.717, 1.165) is 19.1 Å². The standard InChI is InChI=1S/C21H30N2O7/c1-4-5-11-29-16(14-28-10-6-9-24)13-22-19-17-12-15(23(26)27)7-8-18(17)30-21(2,3)20(19)25/h7-9,12,14,19-20,22,25H,4-6,10-11,13H2,1-3H3/b16-14-. The minimum Gasteiger partial charge on any atom is -0.497 e. The van der Waals surface area contributed by atoms with Crippen LogP contribution >= 0.6 is 0 Å². The number of unbranched alkanes of at least 4 members (excludes halogenated alkanes) is 1. The number of carbonyl (C=O) groups is 1. The Kier molecular flexibility index (Phi) is 8.61. The predicted molar refractivity (Wildman–Crippen MR) is 110 cm³/mol. The van der Waals surface area contributed by atoms with Crippen LogP contribution in [0.3, 0.4) is 0 Å². The van der Waals surface area contributed by atoms with E-state index in [-0.39, 0.29) is 25.3 Å². The Morgan fingerprint density at radius 1 is 1.40 bits per heavy atom. The molecule has 0 aromatic heterocycles. The Morgan fingerprint density at radius 2 is 2.17 bits per heavy atom. The molecule has 0 aliphatic carbocycles. The number of nitro benzene ring substituents is 1. The van der Waals surface area contributed by atoms with Crippen molar-refractivity contribution in [3.8, 4) is 5.75 Å². The van der Waals surface area contributed by atoms with Crippen molar-refractivity contribution >= 4 is 12.0 Å². The third-order valence-corrected chi connectivity index (χ3v) is 4.79. The van der Waals surface area contributed by atoms with Gasteiger partial charge in [-0.2, -0.15) is 0 Å². The Balaban J connectivity index is 2.21. The number of ether oxygens (including phenoxy) is 3. The molecule has 0 saturated heterocycles. The van der Waals surface area contributed by atoms with E-state index in [1.54, 1.807) is 19.9 Å². The summed E-state index contributed by atoms with van der Waals surface area (Å²) < 4.78 is 17.0. The molecule has 0 spiro atoms. The minimum atomic E-state index is -0.958. The Bertz CT molecular complexity index is 764. The highest BCUT2D eigenvalue weighted by molar-refractivity contribution is 5.49. The molecule has 166 valence electrons. The number of hydrogen-bond donors (Lipinski definition) is 2. The second-order valence-electron chi connectivity index (χ2n) is 7.60. The first kappa shape index (κ1) is 23.6.